The first-order valence-electron chi connectivity index (χ1n) is 8.33. The maximum atomic E-state index is 14.2. The van der Waals surface area contributed by atoms with E-state index in [-0.39, 0.29) is 38.8 Å². The van der Waals surface area contributed by atoms with Gasteiger partial charge in [0.1, 0.15) is 0 Å². The second kappa shape index (κ2) is 10.2. The molecule has 0 N–H and O–H groups in total. The molecule has 0 aliphatic heterocycles. The van der Waals surface area contributed by atoms with Crippen molar-refractivity contribution in [3.63, 3.8) is 0 Å². The molecule has 3 nitrogen and oxygen atoms in total. The molecule has 0 radical (unpaired) electrons. The number of benzene rings is 2. The molecule has 7 heteroatoms. The van der Waals surface area contributed by atoms with E-state index < -0.39 is 21.7 Å². The Kier molecular flexibility index (Phi) is 8.94. The molecule has 0 bridgehead atoms. The first-order valence-corrected chi connectivity index (χ1v) is 9.77. The van der Waals surface area contributed by atoms with E-state index in [1.54, 1.807) is 12.1 Å². The molecule has 26 heavy (non-hydrogen) atoms. The normalized spacial score (nSPS) is 11.1. The molecule has 0 aliphatic rings. The summed E-state index contributed by atoms with van der Waals surface area (Å²) in [7, 11) is -3.94. The minimum atomic E-state index is -3.94. The largest absolute Gasteiger partial charge is 0.317 e. The quantitative estimate of drug-likeness (QED) is 0.352. The smallest absolute Gasteiger partial charge is 0.254 e. The van der Waals surface area contributed by atoms with Crippen LogP contribution >= 0.6 is 0 Å². The fourth-order valence-corrected chi connectivity index (χ4v) is 4.02. The Morgan fingerprint density at radius 2 is 1.65 bits per heavy atom. The van der Waals surface area contributed by atoms with Crippen LogP contribution in [0.3, 0.4) is 0 Å². The number of nitrogens with zero attached hydrogens (tertiary/aromatic N) is 1. The third kappa shape index (κ3) is 5.63. The predicted octanol–water partition coefficient (Wildman–Crippen LogP) is 4.85. The number of sulfonamides is 1. The first-order chi connectivity index (χ1) is 11.9. The summed E-state index contributed by atoms with van der Waals surface area (Å²) in [5.74, 6) is -1.87. The molecule has 0 saturated heterocycles. The van der Waals surface area contributed by atoms with Crippen molar-refractivity contribution in [1.29, 1.82) is 0 Å². The molecule has 0 saturated carbocycles. The van der Waals surface area contributed by atoms with Gasteiger partial charge >= 0.3 is 0 Å². The zero-order chi connectivity index (χ0) is 18.4. The number of hydrogen-bond donors (Lipinski definition) is 0. The van der Waals surface area contributed by atoms with Crippen LogP contribution in [0.5, 0.6) is 0 Å². The van der Waals surface area contributed by atoms with E-state index in [0.717, 1.165) is 41.3 Å². The van der Waals surface area contributed by atoms with Crippen molar-refractivity contribution < 1.29 is 38.9 Å². The number of aryl methyl sites for hydroxylation is 1. The average molecular weight is 414 g/mol. The average Bonchev–Trinajstić information content (AvgIpc) is 2.56. The standard InChI is InChI=1S/C19H22F2NO2S.Ti/c1-3-4-5-6-13-22(19-12-9-16(20)14-18(19)21)25(23,24)17-10-7-15(2)8-11-17;/h7-12H,3-6,13H2,1-2H3;/q-1;. The van der Waals surface area contributed by atoms with E-state index >= 15 is 0 Å². The summed E-state index contributed by atoms with van der Waals surface area (Å²) in [5.41, 5.74) is 0.744. The summed E-state index contributed by atoms with van der Waals surface area (Å²) >= 11 is 0. The van der Waals surface area contributed by atoms with Gasteiger partial charge in [0.05, 0.1) is 4.90 Å². The van der Waals surface area contributed by atoms with Crippen molar-refractivity contribution in [2.45, 2.75) is 44.4 Å². The monoisotopic (exact) mass is 414 g/mol. The van der Waals surface area contributed by atoms with Crippen LogP contribution in [0, 0.1) is 24.6 Å². The zero-order valence-electron chi connectivity index (χ0n) is 14.9. The van der Waals surface area contributed by atoms with Gasteiger partial charge in [-0.1, -0.05) is 43.9 Å². The molecule has 0 unspecified atom stereocenters. The van der Waals surface area contributed by atoms with Gasteiger partial charge in [0, 0.05) is 39.9 Å². The molecule has 0 amide bonds. The molecule has 2 aromatic rings. The molecule has 140 valence electrons. The molecular weight excluding hydrogens is 392 g/mol. The van der Waals surface area contributed by atoms with Crippen LogP contribution in [-0.4, -0.2) is 15.0 Å². The molecule has 0 fully saturated rings. The molecule has 0 aromatic heterocycles. The van der Waals surface area contributed by atoms with E-state index in [0.29, 0.717) is 6.42 Å². The van der Waals surface area contributed by atoms with Gasteiger partial charge in [-0.15, -0.1) is 18.2 Å². The topological polar surface area (TPSA) is 37.4 Å². The second-order valence-electron chi connectivity index (χ2n) is 5.96. The third-order valence-corrected chi connectivity index (χ3v) is 5.76. The molecule has 0 heterocycles. The summed E-state index contributed by atoms with van der Waals surface area (Å²) in [6.45, 7) is 4.04. The number of rotatable bonds is 8. The van der Waals surface area contributed by atoms with Crippen LogP contribution in [0.1, 0.15) is 38.2 Å². The Bertz CT molecular complexity index is 811. The molecule has 0 aliphatic carbocycles. The SMILES string of the molecule is CCCCCCN(c1ccc(F)[c-]c1F)S(=O)(=O)c1ccc(C)cc1.[Ti]. The van der Waals surface area contributed by atoms with Gasteiger partial charge in [0.15, 0.2) is 0 Å². The molecule has 2 aromatic carbocycles. The van der Waals surface area contributed by atoms with Crippen molar-refractivity contribution in [1.82, 2.24) is 0 Å². The van der Waals surface area contributed by atoms with E-state index in [1.165, 1.54) is 12.1 Å². The van der Waals surface area contributed by atoms with E-state index in [1.807, 2.05) is 13.0 Å². The Morgan fingerprint density at radius 1 is 1.00 bits per heavy atom. The minimum absolute atomic E-state index is 0. The Balaban J connectivity index is 0.00000338. The van der Waals surface area contributed by atoms with Crippen molar-refractivity contribution >= 4 is 15.7 Å². The molecular formula is C19H22F2NO2STi-. The summed E-state index contributed by atoms with van der Waals surface area (Å²) in [6.07, 6.45) is 3.40. The van der Waals surface area contributed by atoms with Crippen molar-refractivity contribution in [2.24, 2.45) is 0 Å². The van der Waals surface area contributed by atoms with Crippen molar-refractivity contribution in [3.05, 3.63) is 59.7 Å². The fourth-order valence-electron chi connectivity index (χ4n) is 2.52. The Labute approximate surface area is 169 Å². The van der Waals surface area contributed by atoms with Crippen LogP contribution in [0.25, 0.3) is 0 Å². The molecule has 2 rings (SSSR count). The van der Waals surface area contributed by atoms with Crippen LogP contribution in [0.15, 0.2) is 41.3 Å². The van der Waals surface area contributed by atoms with Crippen molar-refractivity contribution in [2.75, 3.05) is 10.8 Å². The van der Waals surface area contributed by atoms with Crippen molar-refractivity contribution in [3.8, 4) is 0 Å². The van der Waals surface area contributed by atoms with Gasteiger partial charge in [-0.05, 0) is 31.2 Å². The number of hydrogen-bond acceptors (Lipinski definition) is 2. The Morgan fingerprint density at radius 3 is 2.23 bits per heavy atom. The van der Waals surface area contributed by atoms with E-state index in [4.69, 9.17) is 0 Å². The predicted molar refractivity (Wildman–Crippen MR) is 95.0 cm³/mol. The van der Waals surface area contributed by atoms with Crippen LogP contribution in [0.4, 0.5) is 14.5 Å². The number of halogens is 2. The summed E-state index contributed by atoms with van der Waals surface area (Å²) in [5, 5.41) is 0. The zero-order valence-corrected chi connectivity index (χ0v) is 17.3. The molecule has 0 atom stereocenters. The fraction of sp³-hybridized carbons (Fsp3) is 0.368. The van der Waals surface area contributed by atoms with E-state index in [9.17, 15) is 17.2 Å². The van der Waals surface area contributed by atoms with Gasteiger partial charge in [0.25, 0.3) is 10.0 Å². The third-order valence-electron chi connectivity index (χ3n) is 3.93. The second-order valence-corrected chi connectivity index (χ2v) is 7.82. The van der Waals surface area contributed by atoms with Gasteiger partial charge in [-0.2, -0.15) is 0 Å². The summed E-state index contributed by atoms with van der Waals surface area (Å²) < 4.78 is 54.4. The summed E-state index contributed by atoms with van der Waals surface area (Å²) in [4.78, 5) is 0.0808. The van der Waals surface area contributed by atoms with Gasteiger partial charge in [-0.25, -0.2) is 17.2 Å². The maximum Gasteiger partial charge on any atom is 0.254 e. The maximum absolute atomic E-state index is 14.2. The Hall–Kier alpha value is -1.24. The number of anilines is 1. The summed E-state index contributed by atoms with van der Waals surface area (Å²) in [6, 6.07) is 10.4. The molecule has 0 spiro atoms. The van der Waals surface area contributed by atoms with Gasteiger partial charge in [-0.3, -0.25) is 0 Å². The van der Waals surface area contributed by atoms with Crippen LogP contribution in [0.2, 0.25) is 0 Å². The number of unbranched alkanes of at least 4 members (excludes halogenated alkanes) is 3. The van der Waals surface area contributed by atoms with Gasteiger partial charge < -0.3 is 4.31 Å². The van der Waals surface area contributed by atoms with Crippen LogP contribution in [-0.2, 0) is 31.7 Å². The minimum Gasteiger partial charge on any atom is -0.317 e. The van der Waals surface area contributed by atoms with Gasteiger partial charge in [0.2, 0.25) is 0 Å². The van der Waals surface area contributed by atoms with E-state index in [2.05, 4.69) is 6.92 Å². The van der Waals surface area contributed by atoms with Crippen LogP contribution < -0.4 is 4.31 Å². The first kappa shape index (κ1) is 22.8.